The van der Waals surface area contributed by atoms with Crippen molar-refractivity contribution in [2.45, 2.75) is 31.5 Å². The molecule has 3 heterocycles. The summed E-state index contributed by atoms with van der Waals surface area (Å²) >= 11 is 8.14. The van der Waals surface area contributed by atoms with Crippen molar-refractivity contribution in [2.24, 2.45) is 0 Å². The molecule has 10 heteroatoms. The van der Waals surface area contributed by atoms with Gasteiger partial charge >= 0.3 is 0 Å². The van der Waals surface area contributed by atoms with Crippen LogP contribution in [-0.4, -0.2) is 81.7 Å². The largest absolute Gasteiger partial charge is 0.462 e. The van der Waals surface area contributed by atoms with Gasteiger partial charge in [0.25, 0.3) is 5.69 Å². The van der Waals surface area contributed by atoms with E-state index in [4.69, 9.17) is 4.74 Å². The molecule has 0 aliphatic carbocycles. The lowest BCUT2D eigenvalue weighted by molar-refractivity contribution is -0.385. The van der Waals surface area contributed by atoms with Crippen molar-refractivity contribution < 1.29 is 9.66 Å². The molecule has 0 radical (unpaired) electrons. The summed E-state index contributed by atoms with van der Waals surface area (Å²) < 4.78 is 7.05. The molecule has 0 saturated carbocycles. The number of thioether (sulfide) groups is 4. The second kappa shape index (κ2) is 13.2. The van der Waals surface area contributed by atoms with Crippen molar-refractivity contribution in [1.29, 1.82) is 0 Å². The molecular weight excluding hydrogens is 579 g/mol. The van der Waals surface area contributed by atoms with Gasteiger partial charge in [-0.05, 0) is 37.6 Å². The third-order valence-electron chi connectivity index (χ3n) is 8.08. The Balaban J connectivity index is 1.43. The first kappa shape index (κ1) is 30.0. The predicted octanol–water partition coefficient (Wildman–Crippen LogP) is 6.87. The number of fused-ring (bicyclic) bond motifs is 2. The topological polar surface area (TPSA) is 58.8 Å². The molecule has 1 saturated heterocycles. The quantitative estimate of drug-likeness (QED) is 0.271. The van der Waals surface area contributed by atoms with E-state index >= 15 is 0 Å². The number of rotatable bonds is 3. The van der Waals surface area contributed by atoms with Crippen molar-refractivity contribution in [3.63, 3.8) is 0 Å². The molecule has 216 valence electrons. The van der Waals surface area contributed by atoms with E-state index in [0.29, 0.717) is 6.54 Å². The minimum Gasteiger partial charge on any atom is -0.462 e. The van der Waals surface area contributed by atoms with Crippen LogP contribution in [0.2, 0.25) is 0 Å². The molecule has 2 aromatic rings. The van der Waals surface area contributed by atoms with Crippen LogP contribution in [0.5, 0.6) is 5.75 Å². The first-order valence-corrected chi connectivity index (χ1v) is 18.5. The third kappa shape index (κ3) is 6.16. The Hall–Kier alpha value is -1.46. The van der Waals surface area contributed by atoms with Crippen LogP contribution >= 0.6 is 47.0 Å². The summed E-state index contributed by atoms with van der Waals surface area (Å²) in [5.41, 5.74) is 3.16. The van der Waals surface area contributed by atoms with Crippen LogP contribution in [0.4, 0.5) is 11.4 Å². The van der Waals surface area contributed by atoms with Gasteiger partial charge in [-0.1, -0.05) is 18.2 Å². The van der Waals surface area contributed by atoms with Gasteiger partial charge in [0, 0.05) is 102 Å². The summed E-state index contributed by atoms with van der Waals surface area (Å²) in [6, 6.07) is 11.9. The number of benzene rings is 2. The molecule has 0 aromatic heterocycles. The lowest BCUT2D eigenvalue weighted by Gasteiger charge is -2.46. The average molecular weight is 618 g/mol. The van der Waals surface area contributed by atoms with Crippen molar-refractivity contribution in [3.8, 4) is 5.75 Å². The van der Waals surface area contributed by atoms with E-state index in [1.165, 1.54) is 40.1 Å². The normalized spacial score (nSPS) is 24.0. The SMILES string of the molecule is CN1c2ccccc2C(C)(C)C12C=Cc1cc([N+](=O)[O-])cc(CN3CCSCCSCCSCCSCC3)c1O2. The first-order valence-electron chi connectivity index (χ1n) is 13.9. The molecule has 1 unspecified atom stereocenters. The summed E-state index contributed by atoms with van der Waals surface area (Å²) in [6.45, 7) is 7.00. The summed E-state index contributed by atoms with van der Waals surface area (Å²) in [7, 11) is 2.09. The van der Waals surface area contributed by atoms with Crippen LogP contribution < -0.4 is 9.64 Å². The van der Waals surface area contributed by atoms with Gasteiger partial charge in [0.2, 0.25) is 5.72 Å². The molecular formula is C30H39N3O3S4. The smallest absolute Gasteiger partial charge is 0.270 e. The fourth-order valence-electron chi connectivity index (χ4n) is 5.82. The van der Waals surface area contributed by atoms with Gasteiger partial charge < -0.3 is 9.64 Å². The van der Waals surface area contributed by atoms with Crippen LogP contribution in [0.3, 0.4) is 0 Å². The number of nitro benzene ring substituents is 1. The second-order valence-electron chi connectivity index (χ2n) is 10.8. The highest BCUT2D eigenvalue weighted by Gasteiger charge is 2.57. The van der Waals surface area contributed by atoms with E-state index in [9.17, 15) is 10.1 Å². The first-order chi connectivity index (χ1) is 19.3. The van der Waals surface area contributed by atoms with Crippen molar-refractivity contribution >= 4 is 64.5 Å². The van der Waals surface area contributed by atoms with E-state index < -0.39 is 5.72 Å². The summed E-state index contributed by atoms with van der Waals surface area (Å²) in [5.74, 6) is 10.1. The highest BCUT2D eigenvalue weighted by Crippen LogP contribution is 2.54. The number of likely N-dealkylation sites (N-methyl/N-ethyl adjacent to an activating group) is 1. The number of para-hydroxylation sites is 1. The summed E-state index contributed by atoms with van der Waals surface area (Å²) in [6.07, 6.45) is 4.13. The maximum Gasteiger partial charge on any atom is 0.270 e. The van der Waals surface area contributed by atoms with Gasteiger partial charge in [0.15, 0.2) is 0 Å². The summed E-state index contributed by atoms with van der Waals surface area (Å²) in [5, 5.41) is 11.9. The van der Waals surface area contributed by atoms with Gasteiger partial charge in [0.05, 0.1) is 10.3 Å². The highest BCUT2D eigenvalue weighted by atomic mass is 32.2. The Labute approximate surface area is 255 Å². The number of anilines is 1. The predicted molar refractivity (Wildman–Crippen MR) is 178 cm³/mol. The monoisotopic (exact) mass is 617 g/mol. The fraction of sp³-hybridized carbons (Fsp3) is 0.533. The lowest BCUT2D eigenvalue weighted by atomic mass is 9.76. The Morgan fingerprint density at radius 2 is 1.52 bits per heavy atom. The molecule has 5 rings (SSSR count). The van der Waals surface area contributed by atoms with Crippen LogP contribution in [0.15, 0.2) is 42.5 Å². The second-order valence-corrected chi connectivity index (χ2v) is 15.7. The molecule has 0 bridgehead atoms. The van der Waals surface area contributed by atoms with Crippen LogP contribution in [0.1, 0.15) is 30.5 Å². The Morgan fingerprint density at radius 1 is 0.925 bits per heavy atom. The number of nitro groups is 1. The molecule has 1 fully saturated rings. The molecule has 6 nitrogen and oxygen atoms in total. The van der Waals surface area contributed by atoms with Gasteiger partial charge in [-0.2, -0.15) is 47.0 Å². The third-order valence-corrected chi connectivity index (χ3v) is 12.8. The van der Waals surface area contributed by atoms with E-state index in [2.05, 4.69) is 84.6 Å². The lowest BCUT2D eigenvalue weighted by Crippen LogP contribution is -2.58. The zero-order valence-electron chi connectivity index (χ0n) is 23.6. The van der Waals surface area contributed by atoms with Gasteiger partial charge in [-0.3, -0.25) is 15.0 Å². The maximum atomic E-state index is 11.9. The average Bonchev–Trinajstić information content (AvgIpc) is 3.10. The summed E-state index contributed by atoms with van der Waals surface area (Å²) in [4.78, 5) is 16.3. The number of hydrogen-bond donors (Lipinski definition) is 0. The molecule has 1 spiro atoms. The molecule has 2 aromatic carbocycles. The minimum absolute atomic E-state index is 0.122. The van der Waals surface area contributed by atoms with Gasteiger partial charge in [-0.15, -0.1) is 0 Å². The molecule has 0 N–H and O–H groups in total. The van der Waals surface area contributed by atoms with Gasteiger partial charge in [0.1, 0.15) is 5.75 Å². The molecule has 40 heavy (non-hydrogen) atoms. The number of nitrogens with zero attached hydrogens (tertiary/aromatic N) is 3. The minimum atomic E-state index is -0.716. The maximum absolute atomic E-state index is 11.9. The molecule has 3 aliphatic heterocycles. The fourth-order valence-corrected chi connectivity index (χ4v) is 10.2. The zero-order valence-corrected chi connectivity index (χ0v) is 26.9. The molecule has 3 aliphatic rings. The number of ether oxygens (including phenoxy) is 1. The van der Waals surface area contributed by atoms with Crippen LogP contribution in [0.25, 0.3) is 6.08 Å². The number of hydrogen-bond acceptors (Lipinski definition) is 9. The van der Waals surface area contributed by atoms with Crippen LogP contribution in [-0.2, 0) is 12.0 Å². The van der Waals surface area contributed by atoms with Crippen molar-refractivity contribution in [2.75, 3.05) is 71.1 Å². The standard InChI is InChI=1S/C30H39N3O3S4/c1-29(2)26-6-4-5-7-27(26)31(3)30(29)9-8-23-20-25(33(34)35)21-24(28(23)36-30)22-32-10-12-37-14-16-39-18-19-40-17-15-38-13-11-32/h4-9,20-21H,10-19,22H2,1-3H3. The van der Waals surface area contributed by atoms with Crippen molar-refractivity contribution in [1.82, 2.24) is 4.90 Å². The Bertz CT molecular complexity index is 1220. The Morgan fingerprint density at radius 3 is 2.12 bits per heavy atom. The zero-order chi connectivity index (χ0) is 28.2. The molecule has 0 amide bonds. The molecule has 1 atom stereocenters. The highest BCUT2D eigenvalue weighted by molar-refractivity contribution is 8.05. The van der Waals surface area contributed by atoms with E-state index in [1.807, 2.05) is 29.6 Å². The van der Waals surface area contributed by atoms with E-state index in [0.717, 1.165) is 47.2 Å². The van der Waals surface area contributed by atoms with E-state index in [-0.39, 0.29) is 16.0 Å². The van der Waals surface area contributed by atoms with E-state index in [1.54, 1.807) is 12.1 Å². The van der Waals surface area contributed by atoms with Crippen LogP contribution in [0, 0.1) is 10.1 Å². The Kier molecular flexibility index (Phi) is 9.93. The van der Waals surface area contributed by atoms with Gasteiger partial charge in [-0.25, -0.2) is 0 Å². The number of non-ortho nitro benzene ring substituents is 1. The van der Waals surface area contributed by atoms with Crippen molar-refractivity contribution in [3.05, 3.63) is 69.3 Å².